The van der Waals surface area contributed by atoms with Crippen LogP contribution in [0.3, 0.4) is 0 Å². The van der Waals surface area contributed by atoms with Gasteiger partial charge < -0.3 is 24.6 Å². The Labute approximate surface area is 234 Å². The van der Waals surface area contributed by atoms with Crippen molar-refractivity contribution in [2.24, 2.45) is 0 Å². The SMILES string of the molecule is COc1ccc(CCN2C[C@H]3N(C(=O)CN(C)N3C(=O)NCc3ccccc3)[C@@H](CCSC)C2=O)cc1OC. The first-order chi connectivity index (χ1) is 18.9. The Morgan fingerprint density at radius 1 is 1.05 bits per heavy atom. The summed E-state index contributed by atoms with van der Waals surface area (Å²) in [5, 5.41) is 6.23. The first kappa shape index (κ1) is 28.6. The average molecular weight is 556 g/mol. The monoisotopic (exact) mass is 555 g/mol. The lowest BCUT2D eigenvalue weighted by atomic mass is 10.0. The molecule has 0 spiro atoms. The minimum Gasteiger partial charge on any atom is -0.493 e. The number of methoxy groups -OCH3 is 2. The maximum Gasteiger partial charge on any atom is 0.334 e. The minimum atomic E-state index is -0.618. The fraction of sp³-hybridized carbons (Fsp3) is 0.464. The fourth-order valence-electron chi connectivity index (χ4n) is 5.17. The zero-order chi connectivity index (χ0) is 27.9. The third-order valence-corrected chi connectivity index (χ3v) is 7.79. The molecule has 10 nitrogen and oxygen atoms in total. The maximum absolute atomic E-state index is 13.7. The second-order valence-corrected chi connectivity index (χ2v) is 10.6. The van der Waals surface area contributed by atoms with E-state index in [1.54, 1.807) is 52.8 Å². The van der Waals surface area contributed by atoms with Crippen molar-refractivity contribution in [2.75, 3.05) is 52.9 Å². The van der Waals surface area contributed by atoms with E-state index in [1.807, 2.05) is 54.8 Å². The van der Waals surface area contributed by atoms with E-state index >= 15 is 0 Å². The molecule has 1 N–H and O–H groups in total. The molecular weight excluding hydrogens is 518 g/mol. The van der Waals surface area contributed by atoms with E-state index in [9.17, 15) is 14.4 Å². The summed E-state index contributed by atoms with van der Waals surface area (Å²) >= 11 is 1.63. The van der Waals surface area contributed by atoms with E-state index in [-0.39, 0.29) is 30.9 Å². The number of hydrogen-bond donors (Lipinski definition) is 1. The van der Waals surface area contributed by atoms with Gasteiger partial charge in [0.15, 0.2) is 11.5 Å². The van der Waals surface area contributed by atoms with Crippen molar-refractivity contribution in [3.05, 3.63) is 59.7 Å². The molecule has 2 aliphatic rings. The van der Waals surface area contributed by atoms with Gasteiger partial charge in [0.1, 0.15) is 12.2 Å². The number of fused-ring (bicyclic) bond motifs is 1. The van der Waals surface area contributed by atoms with Crippen molar-refractivity contribution in [1.29, 1.82) is 0 Å². The predicted octanol–water partition coefficient (Wildman–Crippen LogP) is 2.44. The molecule has 4 rings (SSSR count). The first-order valence-electron chi connectivity index (χ1n) is 13.0. The Hall–Kier alpha value is -3.44. The summed E-state index contributed by atoms with van der Waals surface area (Å²) in [4.78, 5) is 43.8. The molecule has 4 amide bonds. The number of nitrogens with zero attached hydrogens (tertiary/aromatic N) is 4. The topological polar surface area (TPSA) is 94.7 Å². The Morgan fingerprint density at radius 3 is 2.49 bits per heavy atom. The lowest BCUT2D eigenvalue weighted by Gasteiger charge is -2.54. The molecule has 2 fully saturated rings. The summed E-state index contributed by atoms with van der Waals surface area (Å²) in [6.45, 7) is 1.08. The molecule has 39 heavy (non-hydrogen) atoms. The highest BCUT2D eigenvalue weighted by Crippen LogP contribution is 2.30. The van der Waals surface area contributed by atoms with E-state index in [1.165, 1.54) is 0 Å². The van der Waals surface area contributed by atoms with Gasteiger partial charge in [0.05, 0.1) is 27.3 Å². The van der Waals surface area contributed by atoms with Crippen LogP contribution in [-0.2, 0) is 22.6 Å². The van der Waals surface area contributed by atoms with Gasteiger partial charge in [-0.15, -0.1) is 0 Å². The first-order valence-corrected chi connectivity index (χ1v) is 14.4. The molecule has 2 saturated heterocycles. The van der Waals surface area contributed by atoms with Crippen molar-refractivity contribution in [3.8, 4) is 11.5 Å². The van der Waals surface area contributed by atoms with Gasteiger partial charge >= 0.3 is 6.03 Å². The summed E-state index contributed by atoms with van der Waals surface area (Å²) in [5.41, 5.74) is 1.98. The van der Waals surface area contributed by atoms with E-state index < -0.39 is 12.2 Å². The highest BCUT2D eigenvalue weighted by atomic mass is 32.2. The molecule has 2 aliphatic heterocycles. The lowest BCUT2D eigenvalue weighted by molar-refractivity contribution is -0.187. The summed E-state index contributed by atoms with van der Waals surface area (Å²) in [7, 11) is 4.92. The molecule has 0 unspecified atom stereocenters. The number of nitrogens with one attached hydrogen (secondary N) is 1. The molecule has 2 aromatic carbocycles. The lowest BCUT2D eigenvalue weighted by Crippen LogP contribution is -2.76. The predicted molar refractivity (Wildman–Crippen MR) is 150 cm³/mol. The van der Waals surface area contributed by atoms with Gasteiger partial charge in [-0.2, -0.15) is 11.8 Å². The number of benzene rings is 2. The van der Waals surface area contributed by atoms with Gasteiger partial charge in [0, 0.05) is 20.1 Å². The molecule has 0 saturated carbocycles. The zero-order valence-corrected chi connectivity index (χ0v) is 23.8. The number of ether oxygens (including phenoxy) is 2. The average Bonchev–Trinajstić information content (AvgIpc) is 2.95. The van der Waals surface area contributed by atoms with Crippen LogP contribution in [0.5, 0.6) is 11.5 Å². The molecule has 0 aliphatic carbocycles. The van der Waals surface area contributed by atoms with Crippen LogP contribution in [0.2, 0.25) is 0 Å². The van der Waals surface area contributed by atoms with Crippen molar-refractivity contribution < 1.29 is 23.9 Å². The Balaban J connectivity index is 1.55. The molecule has 0 radical (unpaired) electrons. The molecule has 11 heteroatoms. The van der Waals surface area contributed by atoms with E-state index in [0.717, 1.165) is 16.9 Å². The zero-order valence-electron chi connectivity index (χ0n) is 23.0. The number of carbonyl (C=O) groups excluding carboxylic acids is 3. The largest absolute Gasteiger partial charge is 0.493 e. The van der Waals surface area contributed by atoms with E-state index in [0.29, 0.717) is 37.4 Å². The van der Waals surface area contributed by atoms with Crippen molar-refractivity contribution >= 4 is 29.6 Å². The third-order valence-electron chi connectivity index (χ3n) is 7.15. The number of urea groups is 1. The quantitative estimate of drug-likeness (QED) is 0.481. The molecule has 2 aromatic rings. The highest BCUT2D eigenvalue weighted by Gasteiger charge is 2.50. The molecule has 210 valence electrons. The number of amides is 4. The molecular formula is C28H37N5O5S. The van der Waals surface area contributed by atoms with Crippen LogP contribution in [0, 0.1) is 0 Å². The molecule has 0 bridgehead atoms. The summed E-state index contributed by atoms with van der Waals surface area (Å²) in [5.74, 6) is 1.78. The van der Waals surface area contributed by atoms with Crippen LogP contribution < -0.4 is 14.8 Å². The third kappa shape index (κ3) is 6.42. The maximum atomic E-state index is 13.7. The van der Waals surface area contributed by atoms with Gasteiger partial charge in [-0.25, -0.2) is 14.8 Å². The van der Waals surface area contributed by atoms with Crippen molar-refractivity contribution in [3.63, 3.8) is 0 Å². The summed E-state index contributed by atoms with van der Waals surface area (Å²) in [6.07, 6.45) is 2.51. The van der Waals surface area contributed by atoms with Gasteiger partial charge in [0.2, 0.25) is 11.8 Å². The normalized spacial score (nSPS) is 19.6. The van der Waals surface area contributed by atoms with Crippen LogP contribution in [0.1, 0.15) is 17.5 Å². The highest BCUT2D eigenvalue weighted by molar-refractivity contribution is 7.98. The number of hydrogen-bond acceptors (Lipinski definition) is 7. The Kier molecular flexibility index (Phi) is 9.58. The number of thioether (sulfide) groups is 1. The number of piperazine rings is 1. The van der Waals surface area contributed by atoms with Crippen LogP contribution in [0.15, 0.2) is 48.5 Å². The smallest absolute Gasteiger partial charge is 0.334 e. The van der Waals surface area contributed by atoms with Gasteiger partial charge in [-0.1, -0.05) is 36.4 Å². The molecule has 0 aromatic heterocycles. The summed E-state index contributed by atoms with van der Waals surface area (Å²) < 4.78 is 10.8. The van der Waals surface area contributed by atoms with Gasteiger partial charge in [-0.3, -0.25) is 9.59 Å². The second-order valence-electron chi connectivity index (χ2n) is 9.61. The number of likely N-dealkylation sites (N-methyl/N-ethyl adjacent to an activating group) is 1. The minimum absolute atomic E-state index is 0.0317. The second kappa shape index (κ2) is 13.1. The van der Waals surface area contributed by atoms with Gasteiger partial charge in [-0.05, 0) is 48.1 Å². The summed E-state index contributed by atoms with van der Waals surface area (Å²) in [6, 6.07) is 14.5. The number of rotatable bonds is 10. The van der Waals surface area contributed by atoms with Crippen LogP contribution in [0.4, 0.5) is 4.79 Å². The van der Waals surface area contributed by atoms with Crippen molar-refractivity contribution in [2.45, 2.75) is 31.6 Å². The number of carbonyl (C=O) groups is 3. The standard InChI is InChI=1S/C28H37N5O5S/c1-30-19-26(34)32-22(13-15-39-4)27(35)31(14-12-20-10-11-23(37-2)24(16-20)38-3)18-25(32)33(30)28(36)29-17-21-8-6-5-7-9-21/h5-11,16,22,25H,12-15,17-19H2,1-4H3,(H,29,36)/t22-,25-/m0/s1. The van der Waals surface area contributed by atoms with Gasteiger partial charge in [0.25, 0.3) is 0 Å². The Bertz CT molecular complexity index is 1170. The van der Waals surface area contributed by atoms with Crippen LogP contribution in [-0.4, -0.2) is 103 Å². The van der Waals surface area contributed by atoms with E-state index in [2.05, 4.69) is 5.32 Å². The molecule has 2 atom stereocenters. The van der Waals surface area contributed by atoms with Crippen molar-refractivity contribution in [1.82, 2.24) is 25.1 Å². The van der Waals surface area contributed by atoms with E-state index in [4.69, 9.17) is 9.47 Å². The molecule has 2 heterocycles. The van der Waals surface area contributed by atoms with Crippen LogP contribution in [0.25, 0.3) is 0 Å². The number of hydrazine groups is 1. The fourth-order valence-corrected chi connectivity index (χ4v) is 5.63. The van der Waals surface area contributed by atoms with Crippen LogP contribution >= 0.6 is 11.8 Å². The Morgan fingerprint density at radius 2 is 1.79 bits per heavy atom.